The monoisotopic (exact) mass is 377 g/mol. The fraction of sp³-hybridized carbons (Fsp3) is 0.526. The Kier molecular flexibility index (Phi) is 5.72. The summed E-state index contributed by atoms with van der Waals surface area (Å²) in [7, 11) is 0. The summed E-state index contributed by atoms with van der Waals surface area (Å²) in [5.74, 6) is -1.35. The first kappa shape index (κ1) is 19.3. The van der Waals surface area contributed by atoms with Gasteiger partial charge in [-0.1, -0.05) is 6.08 Å². The molecule has 0 bridgehead atoms. The maximum absolute atomic E-state index is 12.2. The molecule has 0 aromatic carbocycles. The van der Waals surface area contributed by atoms with Crippen molar-refractivity contribution in [2.24, 2.45) is 0 Å². The molecule has 8 heteroatoms. The second-order valence-corrected chi connectivity index (χ2v) is 7.08. The predicted molar refractivity (Wildman–Crippen MR) is 101 cm³/mol. The van der Waals surface area contributed by atoms with Gasteiger partial charge in [0.25, 0.3) is 0 Å². The van der Waals surface area contributed by atoms with E-state index in [1.807, 2.05) is 24.1 Å². The molecule has 27 heavy (non-hydrogen) atoms. The summed E-state index contributed by atoms with van der Waals surface area (Å²) in [5.41, 5.74) is 0.823. The molecule has 0 spiro atoms. The number of hydrogen-bond acceptors (Lipinski definition) is 4. The Bertz CT molecular complexity index is 813. The zero-order valence-electron chi connectivity index (χ0n) is 15.6. The van der Waals surface area contributed by atoms with Crippen LogP contribution in [-0.4, -0.2) is 50.3 Å². The maximum atomic E-state index is 12.2. The van der Waals surface area contributed by atoms with Gasteiger partial charge in [0, 0.05) is 37.7 Å². The molecule has 4 rings (SSSR count). The van der Waals surface area contributed by atoms with Gasteiger partial charge in [-0.15, -0.1) is 0 Å². The molecule has 2 aromatic rings. The number of aromatic nitrogens is 3. The molecule has 1 saturated carbocycles. The molecule has 2 atom stereocenters. The predicted octanol–water partition coefficient (Wildman–Crippen LogP) is 3.74. The third-order valence-electron chi connectivity index (χ3n) is 4.80. The largest absolute Gasteiger partial charge is 0.365 e. The van der Waals surface area contributed by atoms with Gasteiger partial charge in [-0.25, -0.2) is 18.7 Å². The molecular formula is C19H25F2N5O. The lowest BCUT2D eigenvalue weighted by atomic mass is 9.99. The van der Waals surface area contributed by atoms with E-state index in [1.54, 1.807) is 18.5 Å². The van der Waals surface area contributed by atoms with Crippen LogP contribution in [0.2, 0.25) is 0 Å². The van der Waals surface area contributed by atoms with Crippen molar-refractivity contribution < 1.29 is 13.6 Å². The molecule has 2 unspecified atom stereocenters. The van der Waals surface area contributed by atoms with Crippen molar-refractivity contribution in [3.8, 4) is 0 Å². The van der Waals surface area contributed by atoms with Crippen molar-refractivity contribution >= 4 is 22.8 Å². The number of alkyl halides is 2. The molecule has 3 heterocycles. The minimum atomic E-state index is -2.25. The molecule has 6 nitrogen and oxygen atoms in total. The van der Waals surface area contributed by atoms with Gasteiger partial charge in [-0.3, -0.25) is 4.79 Å². The van der Waals surface area contributed by atoms with Crippen molar-refractivity contribution in [2.45, 2.75) is 57.5 Å². The molecule has 2 aliphatic rings. The Morgan fingerprint density at radius 3 is 2.78 bits per heavy atom. The number of allylic oxidation sites excluding steroid dienone is 1. The Labute approximate surface area is 157 Å². The van der Waals surface area contributed by atoms with E-state index in [1.165, 1.54) is 0 Å². The number of anilines is 1. The summed E-state index contributed by atoms with van der Waals surface area (Å²) in [5, 5.41) is 4.45. The zero-order valence-corrected chi connectivity index (χ0v) is 15.6. The third-order valence-corrected chi connectivity index (χ3v) is 4.80. The van der Waals surface area contributed by atoms with Crippen LogP contribution in [0.3, 0.4) is 0 Å². The van der Waals surface area contributed by atoms with E-state index in [4.69, 9.17) is 0 Å². The lowest BCUT2D eigenvalue weighted by Gasteiger charge is -2.38. The first-order valence-corrected chi connectivity index (χ1v) is 9.25. The summed E-state index contributed by atoms with van der Waals surface area (Å²) >= 11 is 0. The number of likely N-dealkylation sites (tertiary alicyclic amines) is 1. The van der Waals surface area contributed by atoms with Gasteiger partial charge in [0.1, 0.15) is 17.8 Å². The fourth-order valence-electron chi connectivity index (χ4n) is 3.05. The van der Waals surface area contributed by atoms with Gasteiger partial charge in [0.05, 0.1) is 5.39 Å². The van der Waals surface area contributed by atoms with Crippen LogP contribution in [0, 0.1) is 0 Å². The number of amides is 1. The highest BCUT2D eigenvalue weighted by Crippen LogP contribution is 2.40. The van der Waals surface area contributed by atoms with Crippen LogP contribution in [-0.2, 0) is 4.79 Å². The van der Waals surface area contributed by atoms with Crippen molar-refractivity contribution in [3.63, 3.8) is 0 Å². The molecule has 2 N–H and O–H groups in total. The van der Waals surface area contributed by atoms with E-state index in [9.17, 15) is 13.6 Å². The summed E-state index contributed by atoms with van der Waals surface area (Å²) in [6.45, 7) is 4.67. The highest BCUT2D eigenvalue weighted by molar-refractivity contribution is 5.88. The maximum Gasteiger partial charge on any atom is 0.248 e. The van der Waals surface area contributed by atoms with Gasteiger partial charge >= 0.3 is 0 Å². The normalized spacial score (nSPS) is 23.8. The molecule has 1 amide bonds. The van der Waals surface area contributed by atoms with E-state index in [0.29, 0.717) is 6.54 Å². The van der Waals surface area contributed by atoms with E-state index < -0.39 is 5.92 Å². The number of fused-ring (bicyclic) bond motifs is 1. The van der Waals surface area contributed by atoms with E-state index in [0.717, 1.165) is 29.7 Å². The minimum absolute atomic E-state index is 0.0796. The van der Waals surface area contributed by atoms with Gasteiger partial charge in [-0.2, -0.15) is 0 Å². The number of H-pyrrole nitrogens is 1. The van der Waals surface area contributed by atoms with Crippen LogP contribution < -0.4 is 5.32 Å². The summed E-state index contributed by atoms with van der Waals surface area (Å²) in [4.78, 5) is 25.7. The smallest absolute Gasteiger partial charge is 0.248 e. The Morgan fingerprint density at radius 1 is 1.37 bits per heavy atom. The van der Waals surface area contributed by atoms with Crippen LogP contribution in [0.5, 0.6) is 0 Å². The van der Waals surface area contributed by atoms with Gasteiger partial charge in [0.15, 0.2) is 0 Å². The van der Waals surface area contributed by atoms with Crippen LogP contribution >= 0.6 is 0 Å². The average molecular weight is 377 g/mol. The minimum Gasteiger partial charge on any atom is -0.365 e. The lowest BCUT2D eigenvalue weighted by molar-refractivity contribution is -0.129. The fourth-order valence-corrected chi connectivity index (χ4v) is 3.05. The highest BCUT2D eigenvalue weighted by atomic mass is 19.3. The number of rotatable bonds is 3. The number of hydrogen-bond donors (Lipinski definition) is 2. The Balaban J connectivity index is 0.000000364. The van der Waals surface area contributed by atoms with Crippen LogP contribution in [0.4, 0.5) is 14.6 Å². The number of nitrogens with zero attached hydrogens (tertiary/aromatic N) is 3. The molecule has 1 saturated heterocycles. The van der Waals surface area contributed by atoms with E-state index in [-0.39, 0.29) is 30.8 Å². The second-order valence-electron chi connectivity index (χ2n) is 7.08. The lowest BCUT2D eigenvalue weighted by Crippen LogP contribution is -2.49. The van der Waals surface area contributed by atoms with Crippen molar-refractivity contribution in [1.82, 2.24) is 19.9 Å². The van der Waals surface area contributed by atoms with E-state index in [2.05, 4.69) is 27.2 Å². The Hall–Kier alpha value is -2.51. The average Bonchev–Trinajstić information content (AvgIpc) is 3.13. The van der Waals surface area contributed by atoms with Crippen LogP contribution in [0.15, 0.2) is 30.7 Å². The third kappa shape index (κ3) is 5.02. The number of aromatic amines is 1. The molecule has 0 radical (unpaired) electrons. The topological polar surface area (TPSA) is 73.9 Å². The number of carbonyl (C=O) groups is 1. The first-order valence-electron chi connectivity index (χ1n) is 9.25. The molecule has 1 aliphatic carbocycles. The van der Waals surface area contributed by atoms with Gasteiger partial charge in [0.2, 0.25) is 11.8 Å². The molecule has 1 aliphatic heterocycles. The van der Waals surface area contributed by atoms with Gasteiger partial charge in [-0.05, 0) is 38.8 Å². The summed E-state index contributed by atoms with van der Waals surface area (Å²) in [6.07, 6.45) is 9.08. The number of nitrogens with one attached hydrogen (secondary N) is 2. The summed E-state index contributed by atoms with van der Waals surface area (Å²) < 4.78 is 22.3. The molecular weight excluding hydrogens is 352 g/mol. The van der Waals surface area contributed by atoms with Crippen LogP contribution in [0.25, 0.3) is 11.0 Å². The highest BCUT2D eigenvalue weighted by Gasteiger charge is 2.43. The Morgan fingerprint density at radius 2 is 2.11 bits per heavy atom. The van der Waals surface area contributed by atoms with E-state index >= 15 is 0 Å². The van der Waals surface area contributed by atoms with Gasteiger partial charge < -0.3 is 15.2 Å². The van der Waals surface area contributed by atoms with Crippen LogP contribution in [0.1, 0.15) is 39.5 Å². The zero-order chi connectivity index (χ0) is 19.4. The quantitative estimate of drug-likeness (QED) is 0.799. The SMILES string of the molecule is C/C=C/C(=O)N1CC(Nc2ncnc3[nH]ccc23)CCC1C.FC1(F)CC1. The standard InChI is InChI=1S/C16H21N5O.C3H4F2/c1-3-4-14(22)21-9-12(6-5-11(21)2)20-16-13-7-8-17-15(13)18-10-19-16;4-3(5)1-2-3/h3-4,7-8,10-12H,5-6,9H2,1-2H3,(H2,17,18,19,20);1-2H2/b4-3+;. The van der Waals surface area contributed by atoms with Crippen molar-refractivity contribution in [1.29, 1.82) is 0 Å². The number of halogens is 2. The molecule has 2 aromatic heterocycles. The summed E-state index contributed by atoms with van der Waals surface area (Å²) in [6, 6.07) is 2.45. The molecule has 2 fully saturated rings. The number of piperidine rings is 1. The second kappa shape index (κ2) is 8.02. The van der Waals surface area contributed by atoms with Crippen molar-refractivity contribution in [2.75, 3.05) is 11.9 Å². The molecule has 146 valence electrons. The first-order chi connectivity index (χ1) is 12.9. The number of carbonyl (C=O) groups excluding carboxylic acids is 1. The van der Waals surface area contributed by atoms with Crippen molar-refractivity contribution in [3.05, 3.63) is 30.7 Å².